The van der Waals surface area contributed by atoms with Crippen LogP contribution in [-0.4, -0.2) is 22.2 Å². The monoisotopic (exact) mass is 194 g/mol. The van der Waals surface area contributed by atoms with Gasteiger partial charge in [-0.15, -0.1) is 0 Å². The topological polar surface area (TPSA) is 72.9 Å². The summed E-state index contributed by atoms with van der Waals surface area (Å²) in [5, 5.41) is 6.59. The number of aromatic nitrogens is 2. The van der Waals surface area contributed by atoms with Gasteiger partial charge in [-0.3, -0.25) is 9.48 Å². The Morgan fingerprint density at radius 1 is 1.79 bits per heavy atom. The van der Waals surface area contributed by atoms with E-state index in [0.29, 0.717) is 12.2 Å². The van der Waals surface area contributed by atoms with E-state index in [1.807, 2.05) is 6.92 Å². The van der Waals surface area contributed by atoms with Gasteiger partial charge >= 0.3 is 0 Å². The smallest absolute Gasteiger partial charge is 0.241 e. The molecule has 1 rings (SSSR count). The van der Waals surface area contributed by atoms with Gasteiger partial charge in [0.2, 0.25) is 5.91 Å². The summed E-state index contributed by atoms with van der Waals surface area (Å²) in [6, 6.07) is 0. The highest BCUT2D eigenvalue weighted by Crippen LogP contribution is 1.96. The van der Waals surface area contributed by atoms with Crippen LogP contribution in [0.25, 0.3) is 0 Å². The van der Waals surface area contributed by atoms with E-state index in [-0.39, 0.29) is 12.5 Å². The lowest BCUT2D eigenvalue weighted by atomic mass is 10.3. The number of hydrogen-bond donors (Lipinski definition) is 2. The number of anilines is 1. The summed E-state index contributed by atoms with van der Waals surface area (Å²) >= 11 is 0. The van der Waals surface area contributed by atoms with Crippen molar-refractivity contribution < 1.29 is 4.79 Å². The van der Waals surface area contributed by atoms with E-state index in [2.05, 4.69) is 17.0 Å². The SMILES string of the molecule is C=C(C)CNC(=O)Cn1cc(N)cn1. The molecule has 1 heterocycles. The molecule has 1 aromatic heterocycles. The van der Waals surface area contributed by atoms with Crippen LogP contribution >= 0.6 is 0 Å². The summed E-state index contributed by atoms with van der Waals surface area (Å²) in [7, 11) is 0. The number of hydrogen-bond acceptors (Lipinski definition) is 3. The lowest BCUT2D eigenvalue weighted by molar-refractivity contribution is -0.121. The van der Waals surface area contributed by atoms with Crippen LogP contribution in [0.3, 0.4) is 0 Å². The van der Waals surface area contributed by atoms with Gasteiger partial charge in [-0.05, 0) is 6.92 Å². The van der Waals surface area contributed by atoms with Crippen LogP contribution in [-0.2, 0) is 11.3 Å². The predicted octanol–water partition coefficient (Wildman–Crippen LogP) is 0.158. The molecule has 5 heteroatoms. The third-order valence-corrected chi connectivity index (χ3v) is 1.55. The molecule has 1 amide bonds. The van der Waals surface area contributed by atoms with E-state index < -0.39 is 0 Å². The molecule has 0 unspecified atom stereocenters. The number of rotatable bonds is 4. The number of carbonyl (C=O) groups excluding carboxylic acids is 1. The van der Waals surface area contributed by atoms with E-state index in [1.165, 1.54) is 10.9 Å². The molecule has 14 heavy (non-hydrogen) atoms. The second-order valence-corrected chi connectivity index (χ2v) is 3.21. The minimum Gasteiger partial charge on any atom is -0.396 e. The quantitative estimate of drug-likeness (QED) is 0.670. The Bertz CT molecular complexity index is 342. The van der Waals surface area contributed by atoms with Crippen molar-refractivity contribution in [3.8, 4) is 0 Å². The van der Waals surface area contributed by atoms with E-state index in [0.717, 1.165) is 5.57 Å². The normalized spacial score (nSPS) is 9.79. The Morgan fingerprint density at radius 2 is 2.50 bits per heavy atom. The molecule has 0 spiro atoms. The second kappa shape index (κ2) is 4.45. The fourth-order valence-corrected chi connectivity index (χ4v) is 0.919. The lowest BCUT2D eigenvalue weighted by Gasteiger charge is -2.04. The zero-order valence-electron chi connectivity index (χ0n) is 8.16. The highest BCUT2D eigenvalue weighted by molar-refractivity contribution is 5.75. The molecule has 5 nitrogen and oxygen atoms in total. The van der Waals surface area contributed by atoms with Crippen molar-refractivity contribution in [1.29, 1.82) is 0 Å². The van der Waals surface area contributed by atoms with Crippen molar-refractivity contribution in [2.75, 3.05) is 12.3 Å². The molecule has 1 aromatic rings. The third kappa shape index (κ3) is 3.30. The molecule has 0 saturated heterocycles. The fraction of sp³-hybridized carbons (Fsp3) is 0.333. The molecule has 0 radical (unpaired) electrons. The summed E-state index contributed by atoms with van der Waals surface area (Å²) < 4.78 is 1.49. The largest absolute Gasteiger partial charge is 0.396 e. The Balaban J connectivity index is 2.37. The highest BCUT2D eigenvalue weighted by Gasteiger charge is 2.02. The zero-order valence-corrected chi connectivity index (χ0v) is 8.16. The van der Waals surface area contributed by atoms with Gasteiger partial charge in [-0.2, -0.15) is 5.10 Å². The van der Waals surface area contributed by atoms with Gasteiger partial charge in [0.15, 0.2) is 0 Å². The molecule has 0 atom stereocenters. The van der Waals surface area contributed by atoms with Crippen LogP contribution < -0.4 is 11.1 Å². The summed E-state index contributed by atoms with van der Waals surface area (Å²) in [4.78, 5) is 11.3. The van der Waals surface area contributed by atoms with Gasteiger partial charge < -0.3 is 11.1 Å². The van der Waals surface area contributed by atoms with Gasteiger partial charge in [0, 0.05) is 12.7 Å². The van der Waals surface area contributed by atoms with Crippen molar-refractivity contribution in [3.63, 3.8) is 0 Å². The average molecular weight is 194 g/mol. The van der Waals surface area contributed by atoms with Gasteiger partial charge in [-0.25, -0.2) is 0 Å². The first-order valence-electron chi connectivity index (χ1n) is 4.27. The molecular weight excluding hydrogens is 180 g/mol. The second-order valence-electron chi connectivity index (χ2n) is 3.21. The number of nitrogens with two attached hydrogens (primary N) is 1. The molecule has 0 aliphatic rings. The molecule has 0 saturated carbocycles. The number of amides is 1. The first kappa shape index (κ1) is 10.3. The maximum atomic E-state index is 11.3. The van der Waals surface area contributed by atoms with Crippen molar-refractivity contribution >= 4 is 11.6 Å². The summed E-state index contributed by atoms with van der Waals surface area (Å²) in [5.74, 6) is -0.101. The van der Waals surface area contributed by atoms with Gasteiger partial charge in [0.05, 0.1) is 11.9 Å². The summed E-state index contributed by atoms with van der Waals surface area (Å²) in [6.45, 7) is 6.22. The Kier molecular flexibility index (Phi) is 3.28. The van der Waals surface area contributed by atoms with Crippen LogP contribution in [0, 0.1) is 0 Å². The number of nitrogens with one attached hydrogen (secondary N) is 1. The molecule has 0 aliphatic carbocycles. The van der Waals surface area contributed by atoms with Crippen LogP contribution in [0.1, 0.15) is 6.92 Å². The highest BCUT2D eigenvalue weighted by atomic mass is 16.2. The van der Waals surface area contributed by atoms with Crippen LogP contribution in [0.5, 0.6) is 0 Å². The number of nitrogen functional groups attached to an aromatic ring is 1. The molecule has 3 N–H and O–H groups in total. The molecule has 0 aliphatic heterocycles. The number of carbonyl (C=O) groups is 1. The Morgan fingerprint density at radius 3 is 3.00 bits per heavy atom. The standard InChI is InChI=1S/C9H14N4O/c1-7(2)3-11-9(14)6-13-5-8(10)4-12-13/h4-5H,1,3,6,10H2,2H3,(H,11,14). The van der Waals surface area contributed by atoms with Crippen molar-refractivity contribution in [2.45, 2.75) is 13.5 Å². The van der Waals surface area contributed by atoms with E-state index in [1.54, 1.807) is 6.20 Å². The summed E-state index contributed by atoms with van der Waals surface area (Å²) in [6.07, 6.45) is 3.12. The van der Waals surface area contributed by atoms with Gasteiger partial charge in [-0.1, -0.05) is 12.2 Å². The molecule has 76 valence electrons. The van der Waals surface area contributed by atoms with Crippen LogP contribution in [0.15, 0.2) is 24.5 Å². The van der Waals surface area contributed by atoms with E-state index in [9.17, 15) is 4.79 Å². The van der Waals surface area contributed by atoms with E-state index in [4.69, 9.17) is 5.73 Å². The molecular formula is C9H14N4O. The maximum absolute atomic E-state index is 11.3. The Hall–Kier alpha value is -1.78. The lowest BCUT2D eigenvalue weighted by Crippen LogP contribution is -2.28. The summed E-state index contributed by atoms with van der Waals surface area (Å²) in [5.41, 5.74) is 6.92. The van der Waals surface area contributed by atoms with Crippen molar-refractivity contribution in [1.82, 2.24) is 15.1 Å². The number of nitrogens with zero attached hydrogens (tertiary/aromatic N) is 2. The minimum absolute atomic E-state index is 0.101. The predicted molar refractivity (Wildman–Crippen MR) is 54.5 cm³/mol. The van der Waals surface area contributed by atoms with Crippen molar-refractivity contribution in [2.24, 2.45) is 0 Å². The van der Waals surface area contributed by atoms with Gasteiger partial charge in [0.1, 0.15) is 6.54 Å². The third-order valence-electron chi connectivity index (χ3n) is 1.55. The van der Waals surface area contributed by atoms with Crippen molar-refractivity contribution in [3.05, 3.63) is 24.5 Å². The zero-order chi connectivity index (χ0) is 10.6. The Labute approximate surface area is 82.6 Å². The minimum atomic E-state index is -0.101. The average Bonchev–Trinajstić information content (AvgIpc) is 2.48. The van der Waals surface area contributed by atoms with Gasteiger partial charge in [0.25, 0.3) is 0 Å². The van der Waals surface area contributed by atoms with E-state index >= 15 is 0 Å². The van der Waals surface area contributed by atoms with Crippen LogP contribution in [0.4, 0.5) is 5.69 Å². The van der Waals surface area contributed by atoms with Crippen LogP contribution in [0.2, 0.25) is 0 Å². The molecule has 0 fully saturated rings. The first-order chi connectivity index (χ1) is 6.58. The molecule has 0 aromatic carbocycles. The first-order valence-corrected chi connectivity index (χ1v) is 4.27. The fourth-order valence-electron chi connectivity index (χ4n) is 0.919. The molecule has 0 bridgehead atoms. The maximum Gasteiger partial charge on any atom is 0.241 e.